The number of ether oxygens (including phenoxy) is 4. The third-order valence-electron chi connectivity index (χ3n) is 4.80. The van der Waals surface area contributed by atoms with Crippen molar-refractivity contribution in [3.63, 3.8) is 0 Å². The van der Waals surface area contributed by atoms with Gasteiger partial charge in [-0.2, -0.15) is 4.98 Å². The molecule has 0 radical (unpaired) electrons. The molecule has 0 aromatic carbocycles. The fourth-order valence-electron chi connectivity index (χ4n) is 3.31. The molecule has 1 aliphatic heterocycles. The van der Waals surface area contributed by atoms with Gasteiger partial charge in [-0.25, -0.2) is 0 Å². The van der Waals surface area contributed by atoms with Crippen LogP contribution in [0, 0.1) is 4.91 Å². The number of carbonyl (C=O) groups excluding carboxylic acids is 3. The second-order valence-electron chi connectivity index (χ2n) is 7.56. The Bertz CT molecular complexity index is 980. The molecule has 1 aromatic heterocycles. The molecule has 14 nitrogen and oxygen atoms in total. The molecule has 2 heterocycles. The zero-order valence-corrected chi connectivity index (χ0v) is 19.7. The van der Waals surface area contributed by atoms with Gasteiger partial charge in [0.25, 0.3) is 5.56 Å². The molecule has 0 saturated carbocycles. The van der Waals surface area contributed by atoms with E-state index in [1.807, 2.05) is 6.92 Å². The first-order valence-corrected chi connectivity index (χ1v) is 10.7. The lowest BCUT2D eigenvalue weighted by Gasteiger charge is -2.40. The summed E-state index contributed by atoms with van der Waals surface area (Å²) in [6, 6.07) is 0. The van der Waals surface area contributed by atoms with Gasteiger partial charge in [-0.05, 0) is 11.6 Å². The summed E-state index contributed by atoms with van der Waals surface area (Å²) in [6.45, 7) is 5.70. The van der Waals surface area contributed by atoms with Crippen LogP contribution in [0.5, 0.6) is 0 Å². The lowest BCUT2D eigenvalue weighted by molar-refractivity contribution is -0.221. The fourth-order valence-corrected chi connectivity index (χ4v) is 3.31. The first-order valence-electron chi connectivity index (χ1n) is 10.7. The van der Waals surface area contributed by atoms with Crippen LogP contribution in [-0.2, 0) is 40.4 Å². The molecule has 1 aromatic rings. The van der Waals surface area contributed by atoms with Crippen molar-refractivity contribution in [2.75, 3.05) is 23.8 Å². The van der Waals surface area contributed by atoms with Gasteiger partial charge in [0.1, 0.15) is 0 Å². The van der Waals surface area contributed by atoms with Crippen molar-refractivity contribution in [1.82, 2.24) is 9.55 Å². The highest BCUT2D eigenvalue weighted by Crippen LogP contribution is 2.28. The van der Waals surface area contributed by atoms with Gasteiger partial charge >= 0.3 is 17.9 Å². The maximum atomic E-state index is 12.7. The standard InChI is InChI=1S/C20H29N5O9/c1-6-7-8-21-20-23-17(14(24-30)19(29)25(20)5)22-18-16(34-12(4)28)15(33-11(3)27)13(9-31-18)32-10(2)26/h13,15-16,18,22H,6-9H2,1-5H3,(H,21,23)/t13-,15-,16-,18+/m1/s1. The van der Waals surface area contributed by atoms with Gasteiger partial charge < -0.3 is 29.6 Å². The van der Waals surface area contributed by atoms with Crippen molar-refractivity contribution < 1.29 is 33.3 Å². The minimum atomic E-state index is -1.32. The van der Waals surface area contributed by atoms with Gasteiger partial charge in [0.15, 0.2) is 30.4 Å². The molecule has 4 atom stereocenters. The van der Waals surface area contributed by atoms with Crippen LogP contribution in [0.4, 0.5) is 17.5 Å². The van der Waals surface area contributed by atoms with E-state index < -0.39 is 53.7 Å². The van der Waals surface area contributed by atoms with Crippen LogP contribution in [0.25, 0.3) is 0 Å². The lowest BCUT2D eigenvalue weighted by Crippen LogP contribution is -2.59. The van der Waals surface area contributed by atoms with E-state index in [-0.39, 0.29) is 18.4 Å². The van der Waals surface area contributed by atoms with Crippen molar-refractivity contribution >= 4 is 35.4 Å². The summed E-state index contributed by atoms with van der Waals surface area (Å²) in [4.78, 5) is 63.4. The molecule has 0 unspecified atom stereocenters. The van der Waals surface area contributed by atoms with E-state index in [0.717, 1.165) is 38.2 Å². The van der Waals surface area contributed by atoms with Crippen LogP contribution in [0.3, 0.4) is 0 Å². The van der Waals surface area contributed by atoms with E-state index in [9.17, 15) is 24.1 Å². The number of hydrogen-bond donors (Lipinski definition) is 2. The molecule has 188 valence electrons. The van der Waals surface area contributed by atoms with Crippen LogP contribution in [-0.4, -0.2) is 65.2 Å². The summed E-state index contributed by atoms with van der Waals surface area (Å²) in [5.41, 5.74) is -1.25. The second-order valence-corrected chi connectivity index (χ2v) is 7.56. The number of nitrogens with zero attached hydrogens (tertiary/aromatic N) is 3. The van der Waals surface area contributed by atoms with Crippen LogP contribution in [0.1, 0.15) is 40.5 Å². The molecule has 0 spiro atoms. The van der Waals surface area contributed by atoms with E-state index in [0.29, 0.717) is 6.54 Å². The van der Waals surface area contributed by atoms with Crippen molar-refractivity contribution in [3.05, 3.63) is 15.3 Å². The summed E-state index contributed by atoms with van der Waals surface area (Å²) in [6.07, 6.45) is -3.15. The first-order chi connectivity index (χ1) is 16.1. The number of hydrogen-bond acceptors (Lipinski definition) is 13. The van der Waals surface area contributed by atoms with Gasteiger partial charge in [-0.3, -0.25) is 23.7 Å². The SMILES string of the molecule is CCCCNc1nc(N[C@H]2OC[C@@H](OC(C)=O)[C@@H](OC(C)=O)[C@H]2OC(C)=O)c(N=O)c(=O)n1C. The van der Waals surface area contributed by atoms with E-state index in [4.69, 9.17) is 18.9 Å². The molecule has 14 heteroatoms. The highest BCUT2D eigenvalue weighted by atomic mass is 16.6. The predicted molar refractivity (Wildman–Crippen MR) is 118 cm³/mol. The normalized spacial score (nSPS) is 21.8. The fraction of sp³-hybridized carbons (Fsp3) is 0.650. The van der Waals surface area contributed by atoms with Gasteiger partial charge in [-0.1, -0.05) is 13.3 Å². The van der Waals surface area contributed by atoms with Gasteiger partial charge in [0.2, 0.25) is 11.6 Å². The zero-order chi connectivity index (χ0) is 25.4. The predicted octanol–water partition coefficient (Wildman–Crippen LogP) is 0.953. The minimum absolute atomic E-state index is 0.169. The van der Waals surface area contributed by atoms with Crippen molar-refractivity contribution in [2.45, 2.75) is 65.1 Å². The minimum Gasteiger partial charge on any atom is -0.456 e. The largest absolute Gasteiger partial charge is 0.456 e. The molecule has 0 amide bonds. The molecule has 1 fully saturated rings. The monoisotopic (exact) mass is 483 g/mol. The summed E-state index contributed by atoms with van der Waals surface area (Å²) in [5, 5.41) is 8.54. The molecular weight excluding hydrogens is 454 g/mol. The van der Waals surface area contributed by atoms with Crippen molar-refractivity contribution in [1.29, 1.82) is 0 Å². The second kappa shape index (κ2) is 12.1. The molecule has 1 saturated heterocycles. The molecule has 34 heavy (non-hydrogen) atoms. The Morgan fingerprint density at radius 3 is 2.29 bits per heavy atom. The third-order valence-corrected chi connectivity index (χ3v) is 4.80. The van der Waals surface area contributed by atoms with Crippen LogP contribution in [0.2, 0.25) is 0 Å². The molecule has 2 rings (SSSR count). The number of esters is 3. The number of nitroso groups, excluding NO2 is 1. The molecule has 0 aliphatic carbocycles. The number of nitrogens with one attached hydrogen (secondary N) is 2. The number of anilines is 2. The Morgan fingerprint density at radius 1 is 1.12 bits per heavy atom. The highest BCUT2D eigenvalue weighted by Gasteiger charge is 2.47. The molecule has 2 N–H and O–H groups in total. The Labute approximate surface area is 195 Å². The first kappa shape index (κ1) is 26.7. The number of carbonyl (C=O) groups is 3. The summed E-state index contributed by atoms with van der Waals surface area (Å²) in [7, 11) is 1.43. The maximum Gasteiger partial charge on any atom is 0.303 e. The van der Waals surface area contributed by atoms with E-state index in [1.54, 1.807) is 0 Å². The van der Waals surface area contributed by atoms with Crippen molar-refractivity contribution in [3.8, 4) is 0 Å². The lowest BCUT2D eigenvalue weighted by atomic mass is 10.0. The smallest absolute Gasteiger partial charge is 0.303 e. The highest BCUT2D eigenvalue weighted by molar-refractivity contribution is 5.69. The Kier molecular flexibility index (Phi) is 9.47. The van der Waals surface area contributed by atoms with E-state index in [1.165, 1.54) is 7.05 Å². The maximum absolute atomic E-state index is 12.7. The van der Waals surface area contributed by atoms with Gasteiger partial charge in [-0.15, -0.1) is 4.91 Å². The molecule has 0 bridgehead atoms. The van der Waals surface area contributed by atoms with Gasteiger partial charge in [0, 0.05) is 34.4 Å². The quantitative estimate of drug-likeness (QED) is 0.209. The molecule has 1 aliphatic rings. The summed E-state index contributed by atoms with van der Waals surface area (Å²) < 4.78 is 22.5. The average molecular weight is 483 g/mol. The summed E-state index contributed by atoms with van der Waals surface area (Å²) >= 11 is 0. The third kappa shape index (κ3) is 6.73. The van der Waals surface area contributed by atoms with Gasteiger partial charge in [0.05, 0.1) is 6.61 Å². The average Bonchev–Trinajstić information content (AvgIpc) is 2.75. The number of rotatable bonds is 10. The van der Waals surface area contributed by atoms with E-state index in [2.05, 4.69) is 20.8 Å². The zero-order valence-electron chi connectivity index (χ0n) is 19.7. The molecular formula is C20H29N5O9. The van der Waals surface area contributed by atoms with Crippen LogP contribution in [0.15, 0.2) is 9.97 Å². The topological polar surface area (TPSA) is 177 Å². The summed E-state index contributed by atoms with van der Waals surface area (Å²) in [5.74, 6) is -2.19. The Morgan fingerprint density at radius 2 is 1.74 bits per heavy atom. The number of aromatic nitrogens is 2. The Hall–Kier alpha value is -3.55. The number of unbranched alkanes of at least 4 members (excludes halogenated alkanes) is 1. The van der Waals surface area contributed by atoms with Crippen molar-refractivity contribution in [2.24, 2.45) is 12.2 Å². The van der Waals surface area contributed by atoms with Crippen LogP contribution >= 0.6 is 0 Å². The Balaban J connectivity index is 2.45. The van der Waals surface area contributed by atoms with E-state index >= 15 is 0 Å². The van der Waals surface area contributed by atoms with Crippen LogP contribution < -0.4 is 16.2 Å².